The Labute approximate surface area is 159 Å². The lowest BCUT2D eigenvalue weighted by Crippen LogP contribution is -2.40. The van der Waals surface area contributed by atoms with Gasteiger partial charge in [0.15, 0.2) is 0 Å². The first-order valence-corrected chi connectivity index (χ1v) is 9.72. The van der Waals surface area contributed by atoms with Crippen molar-refractivity contribution < 1.29 is 22.7 Å². The van der Waals surface area contributed by atoms with Crippen molar-refractivity contribution in [3.63, 3.8) is 0 Å². The summed E-state index contributed by atoms with van der Waals surface area (Å²) in [6.07, 6.45) is 0. The number of carbonyl (C=O) groups is 1. The highest BCUT2D eigenvalue weighted by Crippen LogP contribution is 2.29. The Morgan fingerprint density at radius 3 is 1.89 bits per heavy atom. The minimum atomic E-state index is -3.64. The van der Waals surface area contributed by atoms with Crippen LogP contribution in [0.5, 0.6) is 11.5 Å². The molecule has 0 radical (unpaired) electrons. The maximum absolute atomic E-state index is 12.6. The van der Waals surface area contributed by atoms with E-state index in [4.69, 9.17) is 9.47 Å². The maximum Gasteiger partial charge on any atom is 0.263 e. The number of benzene rings is 2. The van der Waals surface area contributed by atoms with Gasteiger partial charge in [-0.05, 0) is 57.2 Å². The summed E-state index contributed by atoms with van der Waals surface area (Å²) in [6.45, 7) is 5.29. The molecule has 7 nitrogen and oxygen atoms in total. The van der Waals surface area contributed by atoms with E-state index in [-0.39, 0.29) is 10.5 Å². The van der Waals surface area contributed by atoms with Gasteiger partial charge >= 0.3 is 0 Å². The first kappa shape index (κ1) is 20.7. The van der Waals surface area contributed by atoms with Gasteiger partial charge in [-0.2, -0.15) is 0 Å². The molecule has 0 aliphatic rings. The summed E-state index contributed by atoms with van der Waals surface area (Å²) in [4.78, 5) is 12.8. The van der Waals surface area contributed by atoms with Crippen LogP contribution in [0, 0.1) is 0 Å². The van der Waals surface area contributed by atoms with E-state index in [1.165, 1.54) is 38.5 Å². The van der Waals surface area contributed by atoms with E-state index in [2.05, 4.69) is 10.0 Å². The number of anilines is 1. The lowest BCUT2D eigenvalue weighted by Gasteiger charge is -2.20. The Morgan fingerprint density at radius 2 is 1.44 bits per heavy atom. The number of amides is 1. The molecule has 0 spiro atoms. The number of hydrogen-bond acceptors (Lipinski definition) is 5. The highest BCUT2D eigenvalue weighted by Gasteiger charge is 2.22. The van der Waals surface area contributed by atoms with Crippen LogP contribution < -0.4 is 19.5 Å². The van der Waals surface area contributed by atoms with Crippen LogP contribution in [0.1, 0.15) is 31.1 Å². The maximum atomic E-state index is 12.6. The average molecular weight is 392 g/mol. The monoisotopic (exact) mass is 392 g/mol. The van der Waals surface area contributed by atoms with Crippen molar-refractivity contribution in [1.29, 1.82) is 0 Å². The minimum absolute atomic E-state index is 0.116. The summed E-state index contributed by atoms with van der Waals surface area (Å²) in [6, 6.07) is 11.0. The predicted molar refractivity (Wildman–Crippen MR) is 104 cm³/mol. The van der Waals surface area contributed by atoms with Crippen molar-refractivity contribution in [2.24, 2.45) is 0 Å². The first-order valence-electron chi connectivity index (χ1n) is 8.24. The summed E-state index contributed by atoms with van der Waals surface area (Å²) in [7, 11) is -0.708. The second-order valence-corrected chi connectivity index (χ2v) is 8.55. The topological polar surface area (TPSA) is 93.7 Å². The van der Waals surface area contributed by atoms with Gasteiger partial charge in [-0.15, -0.1) is 0 Å². The van der Waals surface area contributed by atoms with Gasteiger partial charge < -0.3 is 14.8 Å². The molecule has 1 amide bonds. The standard InChI is InChI=1S/C19H24N2O5S/c1-19(2,3)21-27(23,24)14-11-9-13(10-12-14)20-18(22)17-15(25-4)7-6-8-16(17)26-5/h6-12,21H,1-5H3,(H,20,22). The number of ether oxygens (including phenoxy) is 2. The average Bonchev–Trinajstić information content (AvgIpc) is 2.59. The Balaban J connectivity index is 2.24. The molecular weight excluding hydrogens is 368 g/mol. The molecule has 2 aromatic rings. The van der Waals surface area contributed by atoms with E-state index in [1.807, 2.05) is 0 Å². The van der Waals surface area contributed by atoms with E-state index in [9.17, 15) is 13.2 Å². The number of nitrogens with one attached hydrogen (secondary N) is 2. The van der Waals surface area contributed by atoms with Crippen molar-refractivity contribution >= 4 is 21.6 Å². The zero-order valence-electron chi connectivity index (χ0n) is 16.0. The van der Waals surface area contributed by atoms with Crippen LogP contribution in [0.25, 0.3) is 0 Å². The van der Waals surface area contributed by atoms with Crippen molar-refractivity contribution in [3.05, 3.63) is 48.0 Å². The van der Waals surface area contributed by atoms with Crippen LogP contribution in [0.2, 0.25) is 0 Å². The summed E-state index contributed by atoms with van der Waals surface area (Å²) < 4.78 is 37.7. The van der Waals surface area contributed by atoms with E-state index in [0.717, 1.165) is 0 Å². The van der Waals surface area contributed by atoms with Gasteiger partial charge in [-0.1, -0.05) is 6.07 Å². The van der Waals surface area contributed by atoms with Gasteiger partial charge in [0.1, 0.15) is 17.1 Å². The summed E-state index contributed by atoms with van der Waals surface area (Å²) in [5.41, 5.74) is 0.114. The number of sulfonamides is 1. The van der Waals surface area contributed by atoms with Gasteiger partial charge in [0.25, 0.3) is 5.91 Å². The zero-order valence-corrected chi connectivity index (χ0v) is 16.8. The second kappa shape index (κ2) is 7.98. The van der Waals surface area contributed by atoms with Crippen molar-refractivity contribution in [3.8, 4) is 11.5 Å². The van der Waals surface area contributed by atoms with Crippen LogP contribution in [0.3, 0.4) is 0 Å². The van der Waals surface area contributed by atoms with E-state index >= 15 is 0 Å². The molecule has 0 fully saturated rings. The van der Waals surface area contributed by atoms with Gasteiger partial charge in [0.05, 0.1) is 19.1 Å². The van der Waals surface area contributed by atoms with Crippen LogP contribution in [-0.2, 0) is 10.0 Å². The Kier molecular flexibility index (Phi) is 6.12. The van der Waals surface area contributed by atoms with Crippen LogP contribution in [0.15, 0.2) is 47.4 Å². The lowest BCUT2D eigenvalue weighted by molar-refractivity contribution is 0.102. The zero-order chi connectivity index (χ0) is 20.2. The second-order valence-electron chi connectivity index (χ2n) is 6.87. The van der Waals surface area contributed by atoms with E-state index < -0.39 is 21.5 Å². The highest BCUT2D eigenvalue weighted by atomic mass is 32.2. The summed E-state index contributed by atoms with van der Waals surface area (Å²) in [5.74, 6) is 0.327. The molecule has 0 aliphatic carbocycles. The molecular formula is C19H24N2O5S. The third kappa shape index (κ3) is 5.21. The van der Waals surface area contributed by atoms with Gasteiger partial charge in [0, 0.05) is 11.2 Å². The predicted octanol–water partition coefficient (Wildman–Crippen LogP) is 3.03. The van der Waals surface area contributed by atoms with Gasteiger partial charge in [-0.25, -0.2) is 13.1 Å². The van der Waals surface area contributed by atoms with Crippen LogP contribution in [-0.4, -0.2) is 34.1 Å². The smallest absolute Gasteiger partial charge is 0.263 e. The van der Waals surface area contributed by atoms with Crippen molar-refractivity contribution in [2.75, 3.05) is 19.5 Å². The summed E-state index contributed by atoms with van der Waals surface area (Å²) in [5, 5.41) is 2.72. The number of rotatable bonds is 6. The molecule has 146 valence electrons. The first-order chi connectivity index (χ1) is 12.6. The fourth-order valence-corrected chi connectivity index (χ4v) is 3.87. The fraction of sp³-hybridized carbons (Fsp3) is 0.316. The Hall–Kier alpha value is -2.58. The molecule has 0 atom stereocenters. The molecule has 0 saturated heterocycles. The van der Waals surface area contributed by atoms with E-state index in [0.29, 0.717) is 17.2 Å². The van der Waals surface area contributed by atoms with Crippen LogP contribution >= 0.6 is 0 Å². The molecule has 0 aliphatic heterocycles. The van der Waals surface area contributed by atoms with E-state index in [1.54, 1.807) is 39.0 Å². The van der Waals surface area contributed by atoms with Crippen molar-refractivity contribution in [1.82, 2.24) is 4.72 Å². The molecule has 8 heteroatoms. The van der Waals surface area contributed by atoms with Crippen molar-refractivity contribution in [2.45, 2.75) is 31.2 Å². The molecule has 2 N–H and O–H groups in total. The summed E-state index contributed by atoms with van der Waals surface area (Å²) >= 11 is 0. The molecule has 2 aromatic carbocycles. The Bertz CT molecular complexity index is 894. The highest BCUT2D eigenvalue weighted by molar-refractivity contribution is 7.89. The minimum Gasteiger partial charge on any atom is -0.496 e. The third-order valence-corrected chi connectivity index (χ3v) is 5.29. The molecule has 0 bridgehead atoms. The van der Waals surface area contributed by atoms with Gasteiger partial charge in [-0.3, -0.25) is 4.79 Å². The molecule has 0 aromatic heterocycles. The largest absolute Gasteiger partial charge is 0.496 e. The molecule has 27 heavy (non-hydrogen) atoms. The lowest BCUT2D eigenvalue weighted by atomic mass is 10.1. The molecule has 2 rings (SSSR count). The fourth-order valence-electron chi connectivity index (χ4n) is 2.45. The Morgan fingerprint density at radius 1 is 0.926 bits per heavy atom. The molecule has 0 saturated carbocycles. The number of methoxy groups -OCH3 is 2. The SMILES string of the molecule is COc1cccc(OC)c1C(=O)Nc1ccc(S(=O)(=O)NC(C)(C)C)cc1. The molecule has 0 unspecified atom stereocenters. The number of hydrogen-bond donors (Lipinski definition) is 2. The normalized spacial score (nSPS) is 11.7. The molecule has 0 heterocycles. The third-order valence-electron chi connectivity index (χ3n) is 3.52. The van der Waals surface area contributed by atoms with Gasteiger partial charge in [0.2, 0.25) is 10.0 Å². The quantitative estimate of drug-likeness (QED) is 0.788. The number of carbonyl (C=O) groups excluding carboxylic acids is 1. The van der Waals surface area contributed by atoms with Crippen LogP contribution in [0.4, 0.5) is 5.69 Å².